The van der Waals surface area contributed by atoms with Crippen LogP contribution in [0.15, 0.2) is 28.7 Å². The Morgan fingerprint density at radius 3 is 2.77 bits per heavy atom. The second-order valence-corrected chi connectivity index (χ2v) is 8.71. The van der Waals surface area contributed by atoms with E-state index >= 15 is 0 Å². The van der Waals surface area contributed by atoms with Crippen molar-refractivity contribution >= 4 is 5.91 Å². The topological polar surface area (TPSA) is 62.1 Å². The Hall–Kier alpha value is -2.38. The molecule has 1 amide bonds. The van der Waals surface area contributed by atoms with E-state index in [-0.39, 0.29) is 18.0 Å². The van der Waals surface area contributed by atoms with Crippen LogP contribution in [0.5, 0.6) is 5.75 Å². The molecular weight excluding hydrogens is 380 g/mol. The normalized spacial score (nSPS) is 22.1. The molecule has 3 heterocycles. The van der Waals surface area contributed by atoms with Crippen molar-refractivity contribution in [2.24, 2.45) is 0 Å². The van der Waals surface area contributed by atoms with Crippen molar-refractivity contribution in [1.29, 1.82) is 0 Å². The summed E-state index contributed by atoms with van der Waals surface area (Å²) < 4.78 is 11.8. The number of likely N-dealkylation sites (N-methyl/N-ethyl adjacent to an activating group) is 1. The molecule has 2 aliphatic rings. The molecule has 1 aromatic carbocycles. The minimum absolute atomic E-state index is 0.0359. The standard InChI is InChI=1S/C23H32N4O3/c1-16-22(30-17(2)24-16)23(28)27-11-7-9-19(27)14-26-12-18-8-5-6-10-21(18)29-15-20(26)13-25(3)4/h5-6,8,10,19-20H,7,9,11-15H2,1-4H3/t19-,20+/m1/s1. The van der Waals surface area contributed by atoms with E-state index in [1.807, 2.05) is 24.0 Å². The fourth-order valence-corrected chi connectivity index (χ4v) is 4.64. The van der Waals surface area contributed by atoms with Crippen molar-refractivity contribution in [2.45, 2.75) is 45.3 Å². The predicted molar refractivity (Wildman–Crippen MR) is 115 cm³/mol. The number of benzene rings is 1. The number of hydrogen-bond acceptors (Lipinski definition) is 6. The van der Waals surface area contributed by atoms with Gasteiger partial charge in [0.25, 0.3) is 5.91 Å². The number of para-hydroxylation sites is 1. The molecule has 2 aromatic rings. The summed E-state index contributed by atoms with van der Waals surface area (Å²) >= 11 is 0. The fraction of sp³-hybridized carbons (Fsp3) is 0.565. The molecule has 1 fully saturated rings. The van der Waals surface area contributed by atoms with Gasteiger partial charge in [0.1, 0.15) is 12.4 Å². The Bertz CT molecular complexity index is 894. The third kappa shape index (κ3) is 4.37. The molecule has 0 saturated carbocycles. The van der Waals surface area contributed by atoms with Crippen molar-refractivity contribution < 1.29 is 13.9 Å². The van der Waals surface area contributed by atoms with Gasteiger partial charge in [-0.3, -0.25) is 9.69 Å². The van der Waals surface area contributed by atoms with Gasteiger partial charge in [0.15, 0.2) is 5.89 Å². The summed E-state index contributed by atoms with van der Waals surface area (Å²) in [4.78, 5) is 24.2. The third-order valence-electron chi connectivity index (χ3n) is 6.05. The zero-order chi connectivity index (χ0) is 21.3. The van der Waals surface area contributed by atoms with Gasteiger partial charge >= 0.3 is 0 Å². The van der Waals surface area contributed by atoms with Crippen LogP contribution < -0.4 is 4.74 Å². The van der Waals surface area contributed by atoms with Crippen molar-refractivity contribution in [3.63, 3.8) is 0 Å². The summed E-state index contributed by atoms with van der Waals surface area (Å²) in [5.41, 5.74) is 1.88. The number of carbonyl (C=O) groups is 1. The first-order valence-corrected chi connectivity index (χ1v) is 10.8. The molecule has 0 radical (unpaired) electrons. The summed E-state index contributed by atoms with van der Waals surface area (Å²) in [6.07, 6.45) is 2.02. The molecule has 0 spiro atoms. The highest BCUT2D eigenvalue weighted by molar-refractivity contribution is 5.92. The van der Waals surface area contributed by atoms with E-state index in [9.17, 15) is 4.79 Å². The maximum absolute atomic E-state index is 13.2. The number of aromatic nitrogens is 1. The number of nitrogens with zero attached hydrogens (tertiary/aromatic N) is 4. The lowest BCUT2D eigenvalue weighted by Gasteiger charge is -2.35. The van der Waals surface area contributed by atoms with Crippen LogP contribution in [-0.2, 0) is 6.54 Å². The van der Waals surface area contributed by atoms with Crippen LogP contribution in [0, 0.1) is 13.8 Å². The van der Waals surface area contributed by atoms with Gasteiger partial charge in [-0.05, 0) is 39.9 Å². The summed E-state index contributed by atoms with van der Waals surface area (Å²) in [5.74, 6) is 1.86. The molecule has 0 unspecified atom stereocenters. The van der Waals surface area contributed by atoms with E-state index in [2.05, 4.69) is 41.0 Å². The lowest BCUT2D eigenvalue weighted by atomic mass is 10.1. The molecule has 2 atom stereocenters. The third-order valence-corrected chi connectivity index (χ3v) is 6.05. The van der Waals surface area contributed by atoms with E-state index in [1.165, 1.54) is 5.56 Å². The quantitative estimate of drug-likeness (QED) is 0.753. The highest BCUT2D eigenvalue weighted by Gasteiger charge is 2.35. The molecule has 30 heavy (non-hydrogen) atoms. The number of fused-ring (bicyclic) bond motifs is 1. The number of aryl methyl sites for hydroxylation is 2. The number of oxazole rings is 1. The molecule has 1 saturated heterocycles. The zero-order valence-electron chi connectivity index (χ0n) is 18.4. The van der Waals surface area contributed by atoms with Crippen LogP contribution in [0.4, 0.5) is 0 Å². The first-order valence-electron chi connectivity index (χ1n) is 10.8. The Labute approximate surface area is 178 Å². The van der Waals surface area contributed by atoms with Gasteiger partial charge in [-0.1, -0.05) is 18.2 Å². The Balaban J connectivity index is 1.54. The second kappa shape index (κ2) is 8.78. The molecule has 7 heteroatoms. The molecule has 7 nitrogen and oxygen atoms in total. The maximum atomic E-state index is 13.2. The first-order chi connectivity index (χ1) is 14.4. The molecule has 0 aliphatic carbocycles. The second-order valence-electron chi connectivity index (χ2n) is 8.71. The molecule has 4 rings (SSSR count). The van der Waals surface area contributed by atoms with Gasteiger partial charge in [-0.25, -0.2) is 4.98 Å². The Morgan fingerprint density at radius 2 is 2.03 bits per heavy atom. The summed E-state index contributed by atoms with van der Waals surface area (Å²) in [6.45, 7) is 7.60. The Kier molecular flexibility index (Phi) is 6.11. The lowest BCUT2D eigenvalue weighted by Crippen LogP contribution is -2.50. The highest BCUT2D eigenvalue weighted by atomic mass is 16.5. The SMILES string of the molecule is Cc1nc(C)c(C(=O)N2CCC[C@@H]2CN2Cc3ccccc3OC[C@@H]2CN(C)C)o1. The molecule has 1 aromatic heterocycles. The van der Waals surface area contributed by atoms with Gasteiger partial charge in [-0.15, -0.1) is 0 Å². The van der Waals surface area contributed by atoms with Crippen LogP contribution in [0.1, 0.15) is 40.5 Å². The average molecular weight is 413 g/mol. The van der Waals surface area contributed by atoms with Crippen LogP contribution >= 0.6 is 0 Å². The molecule has 0 bridgehead atoms. The van der Waals surface area contributed by atoms with Crippen LogP contribution in [-0.4, -0.2) is 78.0 Å². The summed E-state index contributed by atoms with van der Waals surface area (Å²) in [5, 5.41) is 0. The molecule has 162 valence electrons. The number of hydrogen-bond donors (Lipinski definition) is 0. The summed E-state index contributed by atoms with van der Waals surface area (Å²) in [6, 6.07) is 8.70. The van der Waals surface area contributed by atoms with Gasteiger partial charge in [0, 0.05) is 44.7 Å². The predicted octanol–water partition coefficient (Wildman–Crippen LogP) is 2.72. The largest absolute Gasteiger partial charge is 0.492 e. The van der Waals surface area contributed by atoms with E-state index in [1.54, 1.807) is 6.92 Å². The molecule has 0 N–H and O–H groups in total. The summed E-state index contributed by atoms with van der Waals surface area (Å²) in [7, 11) is 4.19. The van der Waals surface area contributed by atoms with Crippen LogP contribution in [0.3, 0.4) is 0 Å². The first kappa shape index (κ1) is 20.9. The molecule has 2 aliphatic heterocycles. The highest BCUT2D eigenvalue weighted by Crippen LogP contribution is 2.28. The maximum Gasteiger partial charge on any atom is 0.291 e. The van der Waals surface area contributed by atoms with Gasteiger partial charge in [-0.2, -0.15) is 0 Å². The van der Waals surface area contributed by atoms with Crippen molar-refractivity contribution in [3.05, 3.63) is 47.2 Å². The minimum Gasteiger partial charge on any atom is -0.492 e. The van der Waals surface area contributed by atoms with Crippen LogP contribution in [0.2, 0.25) is 0 Å². The average Bonchev–Trinajstić information content (AvgIpc) is 3.25. The van der Waals surface area contributed by atoms with Crippen molar-refractivity contribution in [2.75, 3.05) is 40.3 Å². The number of carbonyl (C=O) groups excluding carboxylic acids is 1. The lowest BCUT2D eigenvalue weighted by molar-refractivity contribution is 0.0589. The van der Waals surface area contributed by atoms with Crippen molar-refractivity contribution in [3.8, 4) is 5.75 Å². The van der Waals surface area contributed by atoms with E-state index < -0.39 is 0 Å². The smallest absolute Gasteiger partial charge is 0.291 e. The number of likely N-dealkylation sites (tertiary alicyclic amines) is 1. The van der Waals surface area contributed by atoms with Gasteiger partial charge in [0.2, 0.25) is 5.76 Å². The Morgan fingerprint density at radius 1 is 1.23 bits per heavy atom. The van der Waals surface area contributed by atoms with Gasteiger partial charge in [0.05, 0.1) is 11.7 Å². The van der Waals surface area contributed by atoms with Crippen LogP contribution in [0.25, 0.3) is 0 Å². The minimum atomic E-state index is -0.0359. The number of rotatable bonds is 5. The zero-order valence-corrected chi connectivity index (χ0v) is 18.4. The number of amides is 1. The van der Waals surface area contributed by atoms with Gasteiger partial charge < -0.3 is 19.0 Å². The molecular formula is C23H32N4O3. The van der Waals surface area contributed by atoms with Crippen molar-refractivity contribution in [1.82, 2.24) is 19.7 Å². The fourth-order valence-electron chi connectivity index (χ4n) is 4.64. The van der Waals surface area contributed by atoms with E-state index in [4.69, 9.17) is 9.15 Å². The van der Waals surface area contributed by atoms with E-state index in [0.29, 0.717) is 24.0 Å². The monoisotopic (exact) mass is 412 g/mol. The number of ether oxygens (including phenoxy) is 1. The van der Waals surface area contributed by atoms with E-state index in [0.717, 1.165) is 44.8 Å².